The van der Waals surface area contributed by atoms with Crippen molar-refractivity contribution in [2.45, 2.75) is 31.7 Å². The van der Waals surface area contributed by atoms with Gasteiger partial charge in [-0.15, -0.1) is 0 Å². The Bertz CT molecular complexity index is 1720. The number of amides is 2. The summed E-state index contributed by atoms with van der Waals surface area (Å²) in [5.41, 5.74) is 2.56. The minimum absolute atomic E-state index is 0.0858. The molecule has 2 amide bonds. The molecule has 2 heterocycles. The highest BCUT2D eigenvalue weighted by molar-refractivity contribution is 5.93. The molecule has 2 N–H and O–H groups in total. The Balaban J connectivity index is 1.48. The van der Waals surface area contributed by atoms with E-state index in [-0.39, 0.29) is 19.8 Å². The number of hydrogen-bond donors (Lipinski definition) is 2. The van der Waals surface area contributed by atoms with Gasteiger partial charge in [-0.3, -0.25) is 4.79 Å². The van der Waals surface area contributed by atoms with Gasteiger partial charge in [-0.05, 0) is 29.7 Å². The number of rotatable bonds is 11. The normalized spacial score (nSPS) is 13.3. The van der Waals surface area contributed by atoms with Gasteiger partial charge in [0.25, 0.3) is 0 Å². The number of carbonyl (C=O) groups excluding carboxylic acids is 3. The molecule has 9 nitrogen and oxygen atoms in total. The summed E-state index contributed by atoms with van der Waals surface area (Å²) in [6, 6.07) is 29.6. The lowest BCUT2D eigenvalue weighted by molar-refractivity contribution is -0.174. The van der Waals surface area contributed by atoms with Gasteiger partial charge in [0, 0.05) is 23.1 Å². The first-order valence-corrected chi connectivity index (χ1v) is 14.6. The van der Waals surface area contributed by atoms with Crippen molar-refractivity contribution in [2.75, 3.05) is 19.9 Å². The van der Waals surface area contributed by atoms with Crippen LogP contribution in [0, 0.1) is 0 Å². The van der Waals surface area contributed by atoms with Gasteiger partial charge in [0.15, 0.2) is 0 Å². The Morgan fingerprint density at radius 2 is 1.40 bits per heavy atom. The SMILES string of the molecule is C[C@@](Cc1cc2c(-c3ccccc3)c(-c3ccccc3)c1OCO2)(NC(=O)OCc1ccccc1)C(=O)OCCNC(=O)C(F)(F)F. The Morgan fingerprint density at radius 3 is 2.02 bits per heavy atom. The molecule has 2 aliphatic rings. The summed E-state index contributed by atoms with van der Waals surface area (Å²) in [5, 5.41) is 4.23. The smallest absolute Gasteiger partial charge is 0.462 e. The zero-order chi connectivity index (χ0) is 33.4. The quantitative estimate of drug-likeness (QED) is 0.147. The molecule has 0 saturated heterocycles. The van der Waals surface area contributed by atoms with Crippen LogP contribution in [0.3, 0.4) is 0 Å². The molecule has 4 aromatic rings. The average Bonchev–Trinajstić information content (AvgIpc) is 3.38. The molecule has 0 unspecified atom stereocenters. The number of carbonyl (C=O) groups is 3. The fraction of sp³-hybridized carbons (Fsp3) is 0.229. The second-order valence-corrected chi connectivity index (χ2v) is 10.8. The van der Waals surface area contributed by atoms with E-state index in [2.05, 4.69) is 5.32 Å². The van der Waals surface area contributed by atoms with Gasteiger partial charge in [-0.1, -0.05) is 91.0 Å². The summed E-state index contributed by atoms with van der Waals surface area (Å²) in [5.74, 6) is -2.26. The topological polar surface area (TPSA) is 112 Å². The third-order valence-electron chi connectivity index (χ3n) is 7.33. The Kier molecular flexibility index (Phi) is 9.98. The highest BCUT2D eigenvalue weighted by atomic mass is 19.4. The van der Waals surface area contributed by atoms with E-state index in [9.17, 15) is 27.6 Å². The van der Waals surface area contributed by atoms with Gasteiger partial charge in [0.05, 0.1) is 6.54 Å². The standard InChI is InChI=1S/C35H31F3N2O7/c1-34(32(42)44-18-17-39-31(41)35(36,37)38,40-33(43)45-21-23-11-5-2-6-12-23)20-26-19-27-28(24-13-7-3-8-14-24)29(30(26)47-22-46-27)25-15-9-4-10-16-25/h2-16,19H,17-18,20-22H2,1H3,(H,39,41)(H,40,43)/t34-/m0/s1. The van der Waals surface area contributed by atoms with Crippen LogP contribution < -0.4 is 20.1 Å². The molecular weight excluding hydrogens is 617 g/mol. The van der Waals surface area contributed by atoms with Gasteiger partial charge < -0.3 is 29.6 Å². The van der Waals surface area contributed by atoms with Crippen LogP contribution in [0.5, 0.6) is 11.5 Å². The first kappa shape index (κ1) is 32.9. The van der Waals surface area contributed by atoms with Crippen molar-refractivity contribution in [3.63, 3.8) is 0 Å². The number of hydrogen-bond acceptors (Lipinski definition) is 7. The van der Waals surface area contributed by atoms with Crippen molar-refractivity contribution in [3.8, 4) is 33.8 Å². The van der Waals surface area contributed by atoms with Crippen LogP contribution in [0.2, 0.25) is 0 Å². The Hall–Kier alpha value is -5.52. The maximum atomic E-state index is 13.6. The number of ether oxygens (including phenoxy) is 4. The monoisotopic (exact) mass is 648 g/mol. The maximum absolute atomic E-state index is 13.6. The van der Waals surface area contributed by atoms with Crippen molar-refractivity contribution in [2.24, 2.45) is 0 Å². The van der Waals surface area contributed by atoms with Crippen LogP contribution in [0.15, 0.2) is 97.1 Å². The lowest BCUT2D eigenvalue weighted by atomic mass is 9.86. The van der Waals surface area contributed by atoms with Gasteiger partial charge in [0.2, 0.25) is 6.79 Å². The number of alkyl carbamates (subject to hydrolysis) is 1. The fourth-order valence-corrected chi connectivity index (χ4v) is 5.13. The lowest BCUT2D eigenvalue weighted by Gasteiger charge is -2.29. The zero-order valence-electron chi connectivity index (χ0n) is 25.3. The molecule has 0 aromatic heterocycles. The zero-order valence-corrected chi connectivity index (χ0v) is 25.3. The summed E-state index contributed by atoms with van der Waals surface area (Å²) in [6.45, 7) is 0.0101. The minimum Gasteiger partial charge on any atom is -0.462 e. The van der Waals surface area contributed by atoms with Crippen molar-refractivity contribution < 1.29 is 46.5 Å². The van der Waals surface area contributed by atoms with E-state index in [0.29, 0.717) is 28.2 Å². The minimum atomic E-state index is -5.09. The number of alkyl halides is 3. The van der Waals surface area contributed by atoms with Gasteiger partial charge in [-0.25, -0.2) is 9.59 Å². The average molecular weight is 649 g/mol. The molecular formula is C35H31F3N2O7. The molecule has 4 aromatic carbocycles. The number of benzene rings is 4. The molecule has 1 atom stereocenters. The molecule has 0 aliphatic carbocycles. The van der Waals surface area contributed by atoms with Gasteiger partial charge >= 0.3 is 24.1 Å². The van der Waals surface area contributed by atoms with Crippen molar-refractivity contribution in [1.29, 1.82) is 0 Å². The van der Waals surface area contributed by atoms with Crippen LogP contribution in [0.25, 0.3) is 22.3 Å². The van der Waals surface area contributed by atoms with E-state index < -0.39 is 42.8 Å². The van der Waals surface area contributed by atoms with Crippen LogP contribution >= 0.6 is 0 Å². The summed E-state index contributed by atoms with van der Waals surface area (Å²) in [6.07, 6.45) is -6.20. The predicted molar refractivity (Wildman–Crippen MR) is 165 cm³/mol. The van der Waals surface area contributed by atoms with Crippen molar-refractivity contribution >= 4 is 18.0 Å². The summed E-state index contributed by atoms with van der Waals surface area (Å²) < 4.78 is 60.6. The summed E-state index contributed by atoms with van der Waals surface area (Å²) >= 11 is 0. The third kappa shape index (κ3) is 8.01. The molecule has 0 radical (unpaired) electrons. The molecule has 0 fully saturated rings. The van der Waals surface area contributed by atoms with E-state index in [1.165, 1.54) is 6.92 Å². The molecule has 6 rings (SSSR count). The fourth-order valence-electron chi connectivity index (χ4n) is 5.13. The number of nitrogens with one attached hydrogen (secondary N) is 2. The predicted octanol–water partition coefficient (Wildman–Crippen LogP) is 6.20. The Labute approximate surface area is 268 Å². The van der Waals surface area contributed by atoms with Crippen LogP contribution in [0.1, 0.15) is 18.1 Å². The van der Waals surface area contributed by atoms with Crippen molar-refractivity contribution in [1.82, 2.24) is 10.6 Å². The van der Waals surface area contributed by atoms with Crippen LogP contribution in [0.4, 0.5) is 18.0 Å². The van der Waals surface area contributed by atoms with E-state index in [4.69, 9.17) is 18.9 Å². The first-order valence-electron chi connectivity index (χ1n) is 14.6. The second-order valence-electron chi connectivity index (χ2n) is 10.8. The highest BCUT2D eigenvalue weighted by Crippen LogP contribution is 2.49. The largest absolute Gasteiger partial charge is 0.471 e. The van der Waals surface area contributed by atoms with Crippen LogP contribution in [-0.4, -0.2) is 49.6 Å². The second kappa shape index (κ2) is 14.3. The number of halogens is 3. The molecule has 0 saturated carbocycles. The molecule has 47 heavy (non-hydrogen) atoms. The van der Waals surface area contributed by atoms with E-state index >= 15 is 0 Å². The van der Waals surface area contributed by atoms with Crippen molar-refractivity contribution in [3.05, 3.63) is 108 Å². The van der Waals surface area contributed by atoms with Gasteiger partial charge in [0.1, 0.15) is 30.3 Å². The van der Waals surface area contributed by atoms with E-state index in [1.807, 2.05) is 66.7 Å². The maximum Gasteiger partial charge on any atom is 0.471 e. The first-order chi connectivity index (χ1) is 22.5. The molecule has 2 bridgehead atoms. The van der Waals surface area contributed by atoms with E-state index in [1.54, 1.807) is 35.6 Å². The Morgan fingerprint density at radius 1 is 0.809 bits per heavy atom. The van der Waals surface area contributed by atoms with Crippen LogP contribution in [-0.2, 0) is 32.1 Å². The highest BCUT2D eigenvalue weighted by Gasteiger charge is 2.41. The molecule has 0 spiro atoms. The molecule has 2 aliphatic heterocycles. The molecule has 12 heteroatoms. The number of fused-ring (bicyclic) bond motifs is 4. The van der Waals surface area contributed by atoms with E-state index in [0.717, 1.165) is 16.7 Å². The number of esters is 1. The summed E-state index contributed by atoms with van der Waals surface area (Å²) in [4.78, 5) is 37.8. The summed E-state index contributed by atoms with van der Waals surface area (Å²) in [7, 11) is 0. The lowest BCUT2D eigenvalue weighted by Crippen LogP contribution is -2.55. The molecule has 244 valence electrons. The van der Waals surface area contributed by atoms with Gasteiger partial charge in [-0.2, -0.15) is 13.2 Å². The third-order valence-corrected chi connectivity index (χ3v) is 7.33.